The maximum Gasteiger partial charge on any atom is 0.471 e. The maximum atomic E-state index is 12.8. The lowest BCUT2D eigenvalue weighted by Gasteiger charge is -2.26. The Hall–Kier alpha value is -1.61. The zero-order valence-electron chi connectivity index (χ0n) is 16.2. The predicted octanol–water partition coefficient (Wildman–Crippen LogP) is 4.30. The molecule has 0 aromatic heterocycles. The Bertz CT molecular complexity index is 801. The van der Waals surface area contributed by atoms with Gasteiger partial charge in [0.1, 0.15) is 0 Å². The molecule has 162 valence electrons. The van der Waals surface area contributed by atoms with E-state index < -0.39 is 28.1 Å². The monoisotopic (exact) mass is 432 g/mol. The average Bonchev–Trinajstić information content (AvgIpc) is 3.12. The summed E-state index contributed by atoms with van der Waals surface area (Å²) in [5, 5.41) is 0. The van der Waals surface area contributed by atoms with Crippen molar-refractivity contribution < 1.29 is 26.4 Å². The number of sulfonamides is 1. The highest BCUT2D eigenvalue weighted by atomic mass is 32.2. The van der Waals surface area contributed by atoms with E-state index in [-0.39, 0.29) is 17.5 Å². The van der Waals surface area contributed by atoms with Crippen molar-refractivity contribution in [3.8, 4) is 0 Å². The van der Waals surface area contributed by atoms with Crippen molar-refractivity contribution in [2.24, 2.45) is 0 Å². The molecule has 3 rings (SSSR count). The van der Waals surface area contributed by atoms with E-state index in [4.69, 9.17) is 0 Å². The zero-order valence-corrected chi connectivity index (χ0v) is 17.1. The maximum absolute atomic E-state index is 12.8. The van der Waals surface area contributed by atoms with Crippen LogP contribution in [0.2, 0.25) is 0 Å². The van der Waals surface area contributed by atoms with Crippen molar-refractivity contribution in [2.45, 2.75) is 80.9 Å². The van der Waals surface area contributed by atoms with E-state index >= 15 is 0 Å². The topological polar surface area (TPSA) is 66.5 Å². The quantitative estimate of drug-likeness (QED) is 0.771. The molecule has 0 radical (unpaired) electrons. The van der Waals surface area contributed by atoms with Crippen LogP contribution >= 0.6 is 0 Å². The second-order valence-electron chi connectivity index (χ2n) is 7.89. The van der Waals surface area contributed by atoms with Gasteiger partial charge in [0.05, 0.1) is 10.9 Å². The summed E-state index contributed by atoms with van der Waals surface area (Å²) in [5.74, 6) is -1.84. The second-order valence-corrected chi connectivity index (χ2v) is 9.60. The molecule has 1 aromatic rings. The Kier molecular flexibility index (Phi) is 6.88. The summed E-state index contributed by atoms with van der Waals surface area (Å²) in [7, 11) is -3.69. The third-order valence-electron chi connectivity index (χ3n) is 5.76. The van der Waals surface area contributed by atoms with Gasteiger partial charge in [-0.15, -0.1) is 0 Å². The molecule has 1 aliphatic heterocycles. The van der Waals surface area contributed by atoms with Crippen LogP contribution in [-0.2, 0) is 14.8 Å². The Morgan fingerprint density at radius 2 is 1.52 bits per heavy atom. The molecule has 1 aromatic carbocycles. The van der Waals surface area contributed by atoms with Gasteiger partial charge in [-0.25, -0.2) is 13.1 Å². The summed E-state index contributed by atoms with van der Waals surface area (Å²) in [5.41, 5.74) is 0.519. The lowest BCUT2D eigenvalue weighted by molar-refractivity contribution is -0.186. The molecule has 1 amide bonds. The van der Waals surface area contributed by atoms with Crippen LogP contribution in [0, 0.1) is 0 Å². The highest BCUT2D eigenvalue weighted by Crippen LogP contribution is 2.35. The molecule has 1 N–H and O–H groups in total. The molecule has 9 heteroatoms. The fourth-order valence-corrected chi connectivity index (χ4v) is 5.55. The summed E-state index contributed by atoms with van der Waals surface area (Å²) in [6, 6.07) is 5.08. The van der Waals surface area contributed by atoms with Gasteiger partial charge in [0.2, 0.25) is 10.0 Å². The molecule has 1 heterocycles. The lowest BCUT2D eigenvalue weighted by Crippen LogP contribution is -2.40. The Morgan fingerprint density at radius 1 is 0.931 bits per heavy atom. The van der Waals surface area contributed by atoms with Crippen molar-refractivity contribution in [2.75, 3.05) is 6.54 Å². The number of halogens is 3. The van der Waals surface area contributed by atoms with E-state index in [2.05, 4.69) is 4.72 Å². The summed E-state index contributed by atoms with van der Waals surface area (Å²) in [6.45, 7) is 0.0479. The molecule has 0 spiro atoms. The van der Waals surface area contributed by atoms with Gasteiger partial charge in [-0.3, -0.25) is 4.79 Å². The van der Waals surface area contributed by atoms with Crippen LogP contribution in [0.1, 0.15) is 69.4 Å². The van der Waals surface area contributed by atoms with E-state index in [0.717, 1.165) is 43.4 Å². The minimum Gasteiger partial charge on any atom is -0.328 e. The number of carbonyl (C=O) groups excluding carboxylic acids is 1. The van der Waals surface area contributed by atoms with Crippen LogP contribution in [0.3, 0.4) is 0 Å². The number of hydrogen-bond donors (Lipinski definition) is 1. The van der Waals surface area contributed by atoms with Gasteiger partial charge in [-0.1, -0.05) is 44.2 Å². The normalized spacial score (nSPS) is 22.3. The van der Waals surface area contributed by atoms with E-state index in [1.54, 1.807) is 0 Å². The molecule has 0 bridgehead atoms. The van der Waals surface area contributed by atoms with Crippen LogP contribution < -0.4 is 4.72 Å². The number of hydrogen-bond acceptors (Lipinski definition) is 3. The van der Waals surface area contributed by atoms with Gasteiger partial charge >= 0.3 is 12.1 Å². The third-order valence-corrected chi connectivity index (χ3v) is 7.29. The number of likely N-dealkylation sites (tertiary alicyclic amines) is 1. The Morgan fingerprint density at radius 3 is 2.10 bits per heavy atom. The third kappa shape index (κ3) is 5.51. The van der Waals surface area contributed by atoms with Gasteiger partial charge in [0.25, 0.3) is 0 Å². The smallest absolute Gasteiger partial charge is 0.328 e. The number of nitrogens with one attached hydrogen (secondary N) is 1. The van der Waals surface area contributed by atoms with Gasteiger partial charge in [0, 0.05) is 12.6 Å². The van der Waals surface area contributed by atoms with Crippen LogP contribution in [-0.4, -0.2) is 38.0 Å². The van der Waals surface area contributed by atoms with E-state index in [0.29, 0.717) is 18.4 Å². The van der Waals surface area contributed by atoms with Crippen molar-refractivity contribution in [3.63, 3.8) is 0 Å². The van der Waals surface area contributed by atoms with Crippen LogP contribution in [0.25, 0.3) is 0 Å². The van der Waals surface area contributed by atoms with Crippen LogP contribution in [0.15, 0.2) is 29.2 Å². The Balaban J connectivity index is 1.71. The second kappa shape index (κ2) is 9.04. The molecule has 1 unspecified atom stereocenters. The number of nitrogens with zero attached hydrogens (tertiary/aromatic N) is 1. The lowest BCUT2D eigenvalue weighted by atomic mass is 9.97. The van der Waals surface area contributed by atoms with Gasteiger partial charge < -0.3 is 4.90 Å². The highest BCUT2D eigenvalue weighted by molar-refractivity contribution is 7.89. The number of amides is 1. The summed E-state index contributed by atoms with van der Waals surface area (Å²) < 4.78 is 66.6. The largest absolute Gasteiger partial charge is 0.471 e. The van der Waals surface area contributed by atoms with Gasteiger partial charge in [-0.05, 0) is 43.4 Å². The van der Waals surface area contributed by atoms with Crippen LogP contribution in [0.4, 0.5) is 13.2 Å². The number of benzene rings is 1. The highest BCUT2D eigenvalue weighted by Gasteiger charge is 2.46. The molecule has 2 fully saturated rings. The first kappa shape index (κ1) is 22.1. The van der Waals surface area contributed by atoms with Crippen molar-refractivity contribution >= 4 is 15.9 Å². The number of carbonyl (C=O) groups is 1. The van der Waals surface area contributed by atoms with E-state index in [1.165, 1.54) is 30.7 Å². The van der Waals surface area contributed by atoms with E-state index in [1.807, 2.05) is 0 Å². The molecule has 1 atom stereocenters. The van der Waals surface area contributed by atoms with Crippen molar-refractivity contribution in [1.29, 1.82) is 0 Å². The standard InChI is InChI=1S/C20H27F3N2O3S/c21-20(22,23)19(26)25-14-6-9-18(25)15-10-12-17(13-11-15)29(27,28)24-16-7-4-2-1-3-5-8-16/h10-13,16,18,24H,1-9,14H2. The first-order valence-corrected chi connectivity index (χ1v) is 11.7. The zero-order chi connectivity index (χ0) is 21.1. The molecular formula is C20H27F3N2O3S. The summed E-state index contributed by atoms with van der Waals surface area (Å²) in [6.07, 6.45) is 3.03. The van der Waals surface area contributed by atoms with E-state index in [9.17, 15) is 26.4 Å². The van der Waals surface area contributed by atoms with Crippen LogP contribution in [0.5, 0.6) is 0 Å². The molecular weight excluding hydrogens is 405 g/mol. The van der Waals surface area contributed by atoms with Crippen molar-refractivity contribution in [1.82, 2.24) is 9.62 Å². The molecule has 1 saturated heterocycles. The van der Waals surface area contributed by atoms with Crippen molar-refractivity contribution in [3.05, 3.63) is 29.8 Å². The Labute approximate surface area is 169 Å². The molecule has 2 aliphatic rings. The summed E-state index contributed by atoms with van der Waals surface area (Å²) in [4.78, 5) is 12.6. The first-order valence-electron chi connectivity index (χ1n) is 10.2. The average molecular weight is 433 g/mol. The minimum absolute atomic E-state index is 0.0479. The SMILES string of the molecule is O=C(N1CCCC1c1ccc(S(=O)(=O)NC2CCCCCCC2)cc1)C(F)(F)F. The predicted molar refractivity (Wildman–Crippen MR) is 103 cm³/mol. The molecule has 1 saturated carbocycles. The fraction of sp³-hybridized carbons (Fsp3) is 0.650. The first-order chi connectivity index (χ1) is 13.7. The number of rotatable bonds is 4. The van der Waals surface area contributed by atoms with Gasteiger partial charge in [-0.2, -0.15) is 13.2 Å². The number of alkyl halides is 3. The summed E-state index contributed by atoms with van der Waals surface area (Å²) >= 11 is 0. The molecule has 29 heavy (non-hydrogen) atoms. The fourth-order valence-electron chi connectivity index (χ4n) is 4.25. The van der Waals surface area contributed by atoms with Gasteiger partial charge in [0.15, 0.2) is 0 Å². The molecule has 5 nitrogen and oxygen atoms in total. The minimum atomic E-state index is -4.91. The molecule has 1 aliphatic carbocycles.